The van der Waals surface area contributed by atoms with Crippen LogP contribution in [0.2, 0.25) is 10.0 Å². The molecule has 1 atom stereocenters. The van der Waals surface area contributed by atoms with Crippen LogP contribution in [0.3, 0.4) is 0 Å². The number of ether oxygens (including phenoxy) is 2. The number of furan rings is 1. The van der Waals surface area contributed by atoms with Gasteiger partial charge in [0.1, 0.15) is 28.7 Å². The van der Waals surface area contributed by atoms with E-state index in [4.69, 9.17) is 42.8 Å². The van der Waals surface area contributed by atoms with Gasteiger partial charge in [-0.3, -0.25) is 0 Å². The number of fused-ring (bicyclic) bond motifs is 2. The normalized spacial score (nSPS) is 14.9. The van der Waals surface area contributed by atoms with Crippen molar-refractivity contribution in [3.05, 3.63) is 104 Å². The monoisotopic (exact) mass is 504 g/mol. The molecule has 174 valence electrons. The van der Waals surface area contributed by atoms with Gasteiger partial charge in [-0.1, -0.05) is 47.0 Å². The quantitative estimate of drug-likeness (QED) is 0.243. The number of rotatable bonds is 3. The first-order chi connectivity index (χ1) is 16.8. The molecule has 8 heteroatoms. The molecule has 6 nitrogen and oxygen atoms in total. The van der Waals surface area contributed by atoms with Gasteiger partial charge in [0.25, 0.3) is 0 Å². The van der Waals surface area contributed by atoms with E-state index in [1.807, 2.05) is 32.0 Å². The van der Waals surface area contributed by atoms with Crippen LogP contribution in [-0.4, -0.2) is 5.97 Å². The minimum atomic E-state index is -0.630. The highest BCUT2D eigenvalue weighted by molar-refractivity contribution is 6.42. The van der Waals surface area contributed by atoms with Gasteiger partial charge in [-0.15, -0.1) is 0 Å². The SMILES string of the molecule is Cc1ccc2oc(C(=O)Oc3ccc4c(c3)OC(N)=C(C#N)C4c3ccc(Cl)c(Cl)c3)c(C)c2c1. The molecule has 1 aliphatic rings. The highest BCUT2D eigenvalue weighted by Crippen LogP contribution is 2.44. The molecule has 3 aromatic carbocycles. The first-order valence-electron chi connectivity index (χ1n) is 10.6. The standard InChI is InChI=1S/C27H18Cl2N2O4/c1-13-3-8-22-18(9-13)14(2)25(34-22)27(32)33-16-5-6-17-23(11-16)35-26(31)19(12-30)24(17)15-4-7-20(28)21(29)10-15/h3-11,24H,31H2,1-2H3. The second-order valence-electron chi connectivity index (χ2n) is 8.24. The molecule has 35 heavy (non-hydrogen) atoms. The molecule has 0 fully saturated rings. The Morgan fingerprint density at radius 3 is 2.60 bits per heavy atom. The number of hydrogen-bond acceptors (Lipinski definition) is 6. The van der Waals surface area contributed by atoms with Gasteiger partial charge in [0.15, 0.2) is 0 Å². The van der Waals surface area contributed by atoms with Crippen molar-refractivity contribution in [2.45, 2.75) is 19.8 Å². The van der Waals surface area contributed by atoms with E-state index in [9.17, 15) is 10.1 Å². The summed E-state index contributed by atoms with van der Waals surface area (Å²) < 4.78 is 17.1. The van der Waals surface area contributed by atoms with E-state index >= 15 is 0 Å². The fourth-order valence-electron chi connectivity index (χ4n) is 4.22. The number of nitrogens with two attached hydrogens (primary N) is 1. The maximum absolute atomic E-state index is 12.9. The summed E-state index contributed by atoms with van der Waals surface area (Å²) in [6.45, 7) is 3.79. The molecule has 0 radical (unpaired) electrons. The summed E-state index contributed by atoms with van der Waals surface area (Å²) in [5, 5.41) is 11.4. The van der Waals surface area contributed by atoms with Crippen molar-refractivity contribution in [1.29, 1.82) is 5.26 Å². The van der Waals surface area contributed by atoms with Crippen LogP contribution in [0, 0.1) is 25.2 Å². The van der Waals surface area contributed by atoms with Gasteiger partial charge in [0.05, 0.1) is 16.0 Å². The van der Waals surface area contributed by atoms with Crippen molar-refractivity contribution in [1.82, 2.24) is 0 Å². The average Bonchev–Trinajstić information content (AvgIpc) is 3.15. The van der Waals surface area contributed by atoms with Crippen LogP contribution in [0.25, 0.3) is 11.0 Å². The summed E-state index contributed by atoms with van der Waals surface area (Å²) in [6, 6.07) is 17.9. The predicted molar refractivity (Wildman–Crippen MR) is 133 cm³/mol. The molecular weight excluding hydrogens is 487 g/mol. The molecule has 1 aliphatic heterocycles. The number of carbonyl (C=O) groups is 1. The zero-order chi connectivity index (χ0) is 24.9. The molecule has 0 aliphatic carbocycles. The lowest BCUT2D eigenvalue weighted by molar-refractivity contribution is 0.0702. The lowest BCUT2D eigenvalue weighted by Crippen LogP contribution is -2.21. The second-order valence-corrected chi connectivity index (χ2v) is 9.06. The maximum atomic E-state index is 12.9. The van der Waals surface area contributed by atoms with Crippen LogP contribution in [0.15, 0.2) is 70.5 Å². The molecule has 2 heterocycles. The number of hydrogen-bond donors (Lipinski definition) is 1. The largest absolute Gasteiger partial charge is 0.449 e. The molecular formula is C27H18Cl2N2O4. The molecule has 0 spiro atoms. The highest BCUT2D eigenvalue weighted by atomic mass is 35.5. The van der Waals surface area contributed by atoms with Gasteiger partial charge >= 0.3 is 5.97 Å². The lowest BCUT2D eigenvalue weighted by Gasteiger charge is -2.27. The fraction of sp³-hybridized carbons (Fsp3) is 0.111. The Morgan fingerprint density at radius 2 is 1.86 bits per heavy atom. The Kier molecular flexibility index (Phi) is 5.68. The summed E-state index contributed by atoms with van der Waals surface area (Å²) in [5.41, 5.74) is 10.1. The predicted octanol–water partition coefficient (Wildman–Crippen LogP) is 6.79. The van der Waals surface area contributed by atoms with Gasteiger partial charge < -0.3 is 19.6 Å². The topological polar surface area (TPSA) is 98.5 Å². The smallest absolute Gasteiger partial charge is 0.379 e. The Bertz CT molecular complexity index is 1600. The Labute approximate surface area is 211 Å². The summed E-state index contributed by atoms with van der Waals surface area (Å²) in [4.78, 5) is 12.9. The van der Waals surface area contributed by atoms with Gasteiger partial charge in [-0.2, -0.15) is 5.26 Å². The zero-order valence-electron chi connectivity index (χ0n) is 18.7. The Morgan fingerprint density at radius 1 is 1.06 bits per heavy atom. The maximum Gasteiger partial charge on any atom is 0.379 e. The van der Waals surface area contributed by atoms with E-state index in [0.29, 0.717) is 32.5 Å². The lowest BCUT2D eigenvalue weighted by atomic mass is 9.83. The molecule has 1 aromatic heterocycles. The van der Waals surface area contributed by atoms with E-state index in [1.165, 1.54) is 0 Å². The van der Waals surface area contributed by atoms with Crippen molar-refractivity contribution in [2.24, 2.45) is 5.73 Å². The van der Waals surface area contributed by atoms with E-state index < -0.39 is 11.9 Å². The van der Waals surface area contributed by atoms with E-state index in [1.54, 1.807) is 36.4 Å². The second kappa shape index (κ2) is 8.70. The van der Waals surface area contributed by atoms with Crippen LogP contribution in [0.1, 0.15) is 38.7 Å². The van der Waals surface area contributed by atoms with Crippen LogP contribution in [0.4, 0.5) is 0 Å². The summed E-state index contributed by atoms with van der Waals surface area (Å²) in [5.74, 6) is -0.462. The third kappa shape index (κ3) is 3.99. The van der Waals surface area contributed by atoms with Gasteiger partial charge in [-0.05, 0) is 49.7 Å². The number of benzene rings is 3. The van der Waals surface area contributed by atoms with Gasteiger partial charge in [0.2, 0.25) is 11.6 Å². The van der Waals surface area contributed by atoms with Crippen LogP contribution in [0.5, 0.6) is 11.5 Å². The van der Waals surface area contributed by atoms with Gasteiger partial charge in [-0.25, -0.2) is 4.79 Å². The van der Waals surface area contributed by atoms with E-state index in [-0.39, 0.29) is 23.0 Å². The number of nitrogens with zero attached hydrogens (tertiary/aromatic N) is 1. The summed E-state index contributed by atoms with van der Waals surface area (Å²) >= 11 is 12.3. The van der Waals surface area contributed by atoms with Crippen molar-refractivity contribution in [3.63, 3.8) is 0 Å². The van der Waals surface area contributed by atoms with Crippen molar-refractivity contribution in [2.75, 3.05) is 0 Å². The number of nitriles is 1. The highest BCUT2D eigenvalue weighted by Gasteiger charge is 2.31. The van der Waals surface area contributed by atoms with Crippen molar-refractivity contribution in [3.8, 4) is 17.6 Å². The van der Waals surface area contributed by atoms with Crippen molar-refractivity contribution < 1.29 is 18.7 Å². The van der Waals surface area contributed by atoms with Crippen LogP contribution in [-0.2, 0) is 0 Å². The zero-order valence-corrected chi connectivity index (χ0v) is 20.2. The molecule has 0 bridgehead atoms. The first kappa shape index (κ1) is 22.9. The molecule has 5 rings (SSSR count). The molecule has 0 amide bonds. The first-order valence-corrected chi connectivity index (χ1v) is 11.4. The molecule has 0 saturated heterocycles. The summed E-state index contributed by atoms with van der Waals surface area (Å²) in [6.07, 6.45) is 0. The fourth-order valence-corrected chi connectivity index (χ4v) is 4.52. The minimum Gasteiger partial charge on any atom is -0.449 e. The molecule has 4 aromatic rings. The Hall–Kier alpha value is -3.92. The molecule has 1 unspecified atom stereocenters. The number of allylic oxidation sites excluding steroid dienone is 1. The number of halogens is 2. The Balaban J connectivity index is 1.50. The average molecular weight is 505 g/mol. The van der Waals surface area contributed by atoms with E-state index in [2.05, 4.69) is 6.07 Å². The summed E-state index contributed by atoms with van der Waals surface area (Å²) in [7, 11) is 0. The van der Waals surface area contributed by atoms with E-state index in [0.717, 1.165) is 16.5 Å². The third-order valence-electron chi connectivity index (χ3n) is 5.96. The molecule has 0 saturated carbocycles. The molecule has 2 N–H and O–H groups in total. The number of carbonyl (C=O) groups excluding carboxylic acids is 1. The number of aryl methyl sites for hydroxylation is 2. The van der Waals surface area contributed by atoms with Crippen molar-refractivity contribution >= 4 is 40.1 Å². The van der Waals surface area contributed by atoms with Crippen LogP contribution < -0.4 is 15.2 Å². The van der Waals surface area contributed by atoms with Gasteiger partial charge in [0, 0.05) is 22.6 Å². The number of esters is 1. The minimum absolute atomic E-state index is 0.0388. The third-order valence-corrected chi connectivity index (χ3v) is 6.69. The van der Waals surface area contributed by atoms with Crippen LogP contribution >= 0.6 is 23.2 Å².